The van der Waals surface area contributed by atoms with Crippen LogP contribution in [0.25, 0.3) is 0 Å². The summed E-state index contributed by atoms with van der Waals surface area (Å²) in [5, 5.41) is 0.404. The van der Waals surface area contributed by atoms with Crippen molar-refractivity contribution >= 4 is 33.9 Å². The third kappa shape index (κ3) is 3.45. The third-order valence-electron chi connectivity index (χ3n) is 1.98. The Labute approximate surface area is 83.4 Å². The van der Waals surface area contributed by atoms with Crippen molar-refractivity contribution in [1.82, 2.24) is 0 Å². The summed E-state index contributed by atoms with van der Waals surface area (Å²) in [6, 6.07) is 0. The minimum atomic E-state index is -1.35. The van der Waals surface area contributed by atoms with Crippen LogP contribution in [0.1, 0.15) is 0 Å². The Kier molecular flexibility index (Phi) is 3.81. The van der Waals surface area contributed by atoms with Crippen LogP contribution in [-0.2, 0) is 4.79 Å². The maximum atomic E-state index is 11.4. The Morgan fingerprint density at radius 1 is 1.00 bits per heavy atom. The molecule has 1 nitrogen and oxygen atoms in total. The number of carbonyl (C=O) groups is 1. The molecule has 0 aromatic heterocycles. The first-order valence-corrected chi connectivity index (χ1v) is 11.9. The van der Waals surface area contributed by atoms with Crippen LogP contribution in [0.3, 0.4) is 0 Å². The fourth-order valence-electron chi connectivity index (χ4n) is 2.04. The minimum Gasteiger partial charge on any atom is -0.288 e. The second-order valence-electron chi connectivity index (χ2n) is 5.50. The van der Waals surface area contributed by atoms with E-state index in [4.69, 9.17) is 0 Å². The molecule has 0 aromatic carbocycles. The smallest absolute Gasteiger partial charge is 0.183 e. The van der Waals surface area contributed by atoms with Crippen LogP contribution in [0, 0.1) is 0 Å². The van der Waals surface area contributed by atoms with Crippen molar-refractivity contribution in [2.24, 2.45) is 0 Å². The van der Waals surface area contributed by atoms with E-state index >= 15 is 0 Å². The Hall–Kier alpha value is 0.454. The van der Waals surface area contributed by atoms with Crippen LogP contribution >= 0.6 is 12.6 Å². The molecule has 0 fully saturated rings. The minimum absolute atomic E-state index is 0.119. The second kappa shape index (κ2) is 3.68. The molecule has 0 radical (unpaired) electrons. The predicted octanol–water partition coefficient (Wildman–Crippen LogP) is 3.03. The summed E-state index contributed by atoms with van der Waals surface area (Å²) in [6.45, 7) is 13.5. The van der Waals surface area contributed by atoms with Gasteiger partial charge in [0.05, 0.1) is 16.1 Å². The van der Waals surface area contributed by atoms with Gasteiger partial charge in [-0.1, -0.05) is 39.3 Å². The van der Waals surface area contributed by atoms with Crippen molar-refractivity contribution in [2.75, 3.05) is 0 Å². The first kappa shape index (κ1) is 12.5. The summed E-state index contributed by atoms with van der Waals surface area (Å²) in [5.41, 5.74) is 0. The Balaban J connectivity index is 4.82. The van der Waals surface area contributed by atoms with Crippen LogP contribution in [0.2, 0.25) is 44.4 Å². The van der Waals surface area contributed by atoms with Gasteiger partial charge in [0.1, 0.15) is 0 Å². The number of hydrogen-bond donors (Lipinski definition) is 1. The first-order chi connectivity index (χ1) is 5.07. The summed E-state index contributed by atoms with van der Waals surface area (Å²) in [5.74, 6) is 0. The van der Waals surface area contributed by atoms with E-state index in [9.17, 15) is 4.79 Å². The molecule has 0 spiro atoms. The Morgan fingerprint density at radius 2 is 1.25 bits per heavy atom. The van der Waals surface area contributed by atoms with E-state index in [-0.39, 0.29) is 10.3 Å². The molecule has 4 heteroatoms. The van der Waals surface area contributed by atoms with Crippen LogP contribution in [0.15, 0.2) is 0 Å². The molecule has 0 aliphatic rings. The highest BCUT2D eigenvalue weighted by molar-refractivity contribution is 7.97. The lowest BCUT2D eigenvalue weighted by atomic mass is 10.9. The van der Waals surface area contributed by atoms with Crippen LogP contribution in [-0.4, -0.2) is 21.3 Å². The molecule has 0 heterocycles. The van der Waals surface area contributed by atoms with E-state index in [0.29, 0.717) is 0 Å². The number of rotatable bonds is 3. The summed E-state index contributed by atoms with van der Waals surface area (Å²) >= 11 is 4.01. The van der Waals surface area contributed by atoms with E-state index in [1.165, 1.54) is 0 Å². The lowest BCUT2D eigenvalue weighted by Gasteiger charge is -2.35. The molecule has 0 atom stereocenters. The molecule has 0 bridgehead atoms. The van der Waals surface area contributed by atoms with Crippen molar-refractivity contribution in [3.05, 3.63) is 0 Å². The summed E-state index contributed by atoms with van der Waals surface area (Å²) in [4.78, 5) is 11.4. The Bertz CT molecular complexity index is 164. The Morgan fingerprint density at radius 3 is 1.25 bits per heavy atom. The maximum Gasteiger partial charge on any atom is 0.183 e. The highest BCUT2D eigenvalue weighted by Gasteiger charge is 2.41. The molecular weight excluding hydrogens is 200 g/mol. The van der Waals surface area contributed by atoms with Crippen LogP contribution in [0.5, 0.6) is 0 Å². The maximum absolute atomic E-state index is 11.4. The second-order valence-corrected chi connectivity index (χ2v) is 17.1. The van der Waals surface area contributed by atoms with E-state index in [1.54, 1.807) is 0 Å². The van der Waals surface area contributed by atoms with Crippen molar-refractivity contribution in [2.45, 2.75) is 44.4 Å². The van der Waals surface area contributed by atoms with Gasteiger partial charge in [0.25, 0.3) is 0 Å². The van der Waals surface area contributed by atoms with E-state index in [1.807, 2.05) is 0 Å². The molecule has 0 saturated carbocycles. The van der Waals surface area contributed by atoms with Gasteiger partial charge in [0.2, 0.25) is 0 Å². The van der Waals surface area contributed by atoms with Gasteiger partial charge < -0.3 is 0 Å². The van der Waals surface area contributed by atoms with Crippen LogP contribution < -0.4 is 0 Å². The van der Waals surface area contributed by atoms with Crippen molar-refractivity contribution in [3.63, 3.8) is 0 Å². The molecule has 0 aromatic rings. The van der Waals surface area contributed by atoms with Crippen LogP contribution in [0.4, 0.5) is 0 Å². The highest BCUT2D eigenvalue weighted by atomic mass is 32.1. The summed E-state index contributed by atoms with van der Waals surface area (Å²) < 4.78 is 0. The molecule has 0 unspecified atom stereocenters. The van der Waals surface area contributed by atoms with Gasteiger partial charge in [-0.15, -0.1) is 12.6 Å². The lowest BCUT2D eigenvalue weighted by molar-refractivity contribution is -0.109. The topological polar surface area (TPSA) is 17.1 Å². The number of thiol groups is 1. The standard InChI is InChI=1S/C8H20OSSi2/c1-11(2,3)8(7(9)10)12(4,5)6/h8H,1-6H3,(H,9,10). The lowest BCUT2D eigenvalue weighted by Crippen LogP contribution is -2.46. The van der Waals surface area contributed by atoms with Crippen molar-refractivity contribution in [1.29, 1.82) is 0 Å². The molecule has 72 valence electrons. The van der Waals surface area contributed by atoms with Crippen molar-refractivity contribution < 1.29 is 4.79 Å². The molecular formula is C8H20OSSi2. The van der Waals surface area contributed by atoms with E-state index in [0.717, 1.165) is 0 Å². The quantitative estimate of drug-likeness (QED) is 0.571. The average molecular weight is 220 g/mol. The molecule has 12 heavy (non-hydrogen) atoms. The SMILES string of the molecule is C[Si](C)(C)C(C(=O)S)[Si](C)(C)C. The molecule has 0 saturated heterocycles. The zero-order valence-corrected chi connectivity index (χ0v) is 11.8. The van der Waals surface area contributed by atoms with Gasteiger partial charge in [-0.25, -0.2) is 0 Å². The normalized spacial score (nSPS) is 13.7. The average Bonchev–Trinajstić information content (AvgIpc) is 1.49. The number of hydrogen-bond acceptors (Lipinski definition) is 1. The summed E-state index contributed by atoms with van der Waals surface area (Å²) in [7, 11) is -2.70. The molecule has 0 aliphatic carbocycles. The monoisotopic (exact) mass is 220 g/mol. The molecule has 0 amide bonds. The predicted molar refractivity (Wildman–Crippen MR) is 64.4 cm³/mol. The largest absolute Gasteiger partial charge is 0.288 e. The molecule has 0 aliphatic heterocycles. The van der Waals surface area contributed by atoms with E-state index in [2.05, 4.69) is 51.9 Å². The molecule has 0 rings (SSSR count). The zero-order valence-electron chi connectivity index (χ0n) is 8.93. The van der Waals surface area contributed by atoms with Gasteiger partial charge in [0, 0.05) is 5.16 Å². The fourth-order valence-corrected chi connectivity index (χ4v) is 16.2. The van der Waals surface area contributed by atoms with E-state index < -0.39 is 16.1 Å². The van der Waals surface area contributed by atoms with Gasteiger partial charge in [-0.3, -0.25) is 4.79 Å². The zero-order chi connectivity index (χ0) is 10.2. The summed E-state index contributed by atoms with van der Waals surface area (Å²) in [6.07, 6.45) is 0. The van der Waals surface area contributed by atoms with Gasteiger partial charge in [0.15, 0.2) is 5.12 Å². The molecule has 0 N–H and O–H groups in total. The highest BCUT2D eigenvalue weighted by Crippen LogP contribution is 2.33. The fraction of sp³-hybridized carbons (Fsp3) is 0.875. The third-order valence-corrected chi connectivity index (χ3v) is 11.9. The number of carbonyl (C=O) groups excluding carboxylic acids is 1. The first-order valence-electron chi connectivity index (χ1n) is 4.29. The van der Waals surface area contributed by atoms with Crippen molar-refractivity contribution in [3.8, 4) is 0 Å². The van der Waals surface area contributed by atoms with Gasteiger partial charge >= 0.3 is 0 Å². The van der Waals surface area contributed by atoms with Gasteiger partial charge in [-0.2, -0.15) is 0 Å². The van der Waals surface area contributed by atoms with Gasteiger partial charge in [-0.05, 0) is 0 Å².